The molecule has 0 saturated carbocycles. The monoisotopic (exact) mass is 405 g/mol. The first-order chi connectivity index (χ1) is 9.54. The number of halogens is 3. The third kappa shape index (κ3) is 4.35. The Morgan fingerprint density at radius 1 is 1.30 bits per heavy atom. The van der Waals surface area contributed by atoms with E-state index in [1.807, 2.05) is 18.2 Å². The molecule has 0 saturated heterocycles. The van der Waals surface area contributed by atoms with Crippen LogP contribution >= 0.6 is 34.2 Å². The Hall–Kier alpha value is -1.34. The number of nitrogens with one attached hydrogen (secondary N) is 1. The molecule has 0 aromatic heterocycles. The number of anilines is 1. The Morgan fingerprint density at radius 3 is 2.80 bits per heavy atom. The van der Waals surface area contributed by atoms with E-state index in [2.05, 4.69) is 27.9 Å². The lowest BCUT2D eigenvalue weighted by Gasteiger charge is -2.09. The van der Waals surface area contributed by atoms with Gasteiger partial charge in [-0.05, 0) is 59.0 Å². The fourth-order valence-electron chi connectivity index (χ4n) is 1.48. The molecule has 1 N–H and O–H groups in total. The highest BCUT2D eigenvalue weighted by Gasteiger charge is 2.07. The smallest absolute Gasteiger partial charge is 0.262 e. The minimum absolute atomic E-state index is 0.145. The van der Waals surface area contributed by atoms with Crippen LogP contribution in [0.15, 0.2) is 42.5 Å². The van der Waals surface area contributed by atoms with Crippen molar-refractivity contribution in [1.82, 2.24) is 0 Å². The van der Waals surface area contributed by atoms with Gasteiger partial charge >= 0.3 is 0 Å². The Kier molecular flexibility index (Phi) is 5.19. The Morgan fingerprint density at radius 2 is 2.10 bits per heavy atom. The molecule has 2 aromatic rings. The molecule has 0 heterocycles. The van der Waals surface area contributed by atoms with E-state index in [0.717, 1.165) is 9.64 Å². The maximum atomic E-state index is 12.9. The first-order valence-electron chi connectivity index (χ1n) is 5.68. The highest BCUT2D eigenvalue weighted by atomic mass is 127. The molecule has 3 nitrogen and oxygen atoms in total. The molecular formula is C14H10ClFINO2. The number of ether oxygens (including phenoxy) is 1. The maximum Gasteiger partial charge on any atom is 0.262 e. The van der Waals surface area contributed by atoms with Crippen molar-refractivity contribution in [2.75, 3.05) is 11.9 Å². The molecule has 0 atom stereocenters. The fourth-order valence-corrected chi connectivity index (χ4v) is 2.21. The van der Waals surface area contributed by atoms with Crippen molar-refractivity contribution in [1.29, 1.82) is 0 Å². The second-order valence-corrected chi connectivity index (χ2v) is 5.57. The number of hydrogen-bond donors (Lipinski definition) is 1. The van der Waals surface area contributed by atoms with Gasteiger partial charge in [0.1, 0.15) is 11.6 Å². The number of carbonyl (C=O) groups excluding carboxylic acids is 1. The predicted octanol–water partition coefficient (Wildman–Crippen LogP) is 4.10. The number of carbonyl (C=O) groups is 1. The van der Waals surface area contributed by atoms with E-state index in [4.69, 9.17) is 16.3 Å². The summed E-state index contributed by atoms with van der Waals surface area (Å²) < 4.78 is 19.2. The quantitative estimate of drug-likeness (QED) is 0.778. The van der Waals surface area contributed by atoms with Crippen LogP contribution in [0.4, 0.5) is 10.1 Å². The van der Waals surface area contributed by atoms with Crippen LogP contribution in [0.5, 0.6) is 5.75 Å². The molecule has 0 radical (unpaired) electrons. The molecule has 2 rings (SSSR count). The van der Waals surface area contributed by atoms with E-state index in [-0.39, 0.29) is 17.5 Å². The van der Waals surface area contributed by atoms with Crippen molar-refractivity contribution < 1.29 is 13.9 Å². The summed E-state index contributed by atoms with van der Waals surface area (Å²) in [6, 6.07) is 11.1. The fraction of sp³-hybridized carbons (Fsp3) is 0.0714. The van der Waals surface area contributed by atoms with E-state index < -0.39 is 5.82 Å². The summed E-state index contributed by atoms with van der Waals surface area (Å²) >= 11 is 7.97. The van der Waals surface area contributed by atoms with Crippen LogP contribution in [-0.2, 0) is 4.79 Å². The van der Waals surface area contributed by atoms with Gasteiger partial charge in [-0.2, -0.15) is 0 Å². The lowest BCUT2D eigenvalue weighted by Crippen LogP contribution is -2.20. The summed E-state index contributed by atoms with van der Waals surface area (Å²) in [5, 5.41) is 2.70. The highest BCUT2D eigenvalue weighted by molar-refractivity contribution is 14.1. The zero-order chi connectivity index (χ0) is 14.5. The maximum absolute atomic E-state index is 12.9. The SMILES string of the molecule is O=C(COc1cccc(I)c1)Nc1ccc(F)cc1Cl. The van der Waals surface area contributed by atoms with Crippen LogP contribution in [0.1, 0.15) is 0 Å². The molecule has 104 valence electrons. The number of benzene rings is 2. The molecule has 0 fully saturated rings. The lowest BCUT2D eigenvalue weighted by atomic mass is 10.3. The van der Waals surface area contributed by atoms with Crippen molar-refractivity contribution in [2.45, 2.75) is 0 Å². The van der Waals surface area contributed by atoms with Gasteiger partial charge in [-0.25, -0.2) is 4.39 Å². The van der Waals surface area contributed by atoms with Gasteiger partial charge in [-0.15, -0.1) is 0 Å². The standard InChI is InChI=1S/C14H10ClFINO2/c15-12-6-9(16)4-5-13(12)18-14(19)8-20-11-3-1-2-10(17)7-11/h1-7H,8H2,(H,18,19). The van der Waals surface area contributed by atoms with Gasteiger partial charge in [-0.3, -0.25) is 4.79 Å². The number of rotatable bonds is 4. The molecule has 0 aliphatic heterocycles. The first-order valence-corrected chi connectivity index (χ1v) is 7.13. The number of hydrogen-bond acceptors (Lipinski definition) is 2. The average molecular weight is 406 g/mol. The Labute approximate surface area is 134 Å². The van der Waals surface area contributed by atoms with Crippen LogP contribution in [0, 0.1) is 9.39 Å². The summed E-state index contributed by atoms with van der Waals surface area (Å²) in [4.78, 5) is 11.7. The van der Waals surface area contributed by atoms with Gasteiger partial charge < -0.3 is 10.1 Å². The number of amides is 1. The Balaban J connectivity index is 1.92. The normalized spacial score (nSPS) is 10.2. The zero-order valence-electron chi connectivity index (χ0n) is 10.2. The van der Waals surface area contributed by atoms with Crippen molar-refractivity contribution in [3.05, 3.63) is 56.9 Å². The predicted molar refractivity (Wildman–Crippen MR) is 84.7 cm³/mol. The molecule has 0 aliphatic carbocycles. The van der Waals surface area contributed by atoms with Crippen LogP contribution in [0.2, 0.25) is 5.02 Å². The third-order valence-corrected chi connectivity index (χ3v) is 3.35. The van der Waals surface area contributed by atoms with Gasteiger partial charge in [0.15, 0.2) is 6.61 Å². The summed E-state index contributed by atoms with van der Waals surface area (Å²) in [5.74, 6) is -0.210. The minimum atomic E-state index is -0.455. The molecule has 0 aliphatic rings. The second-order valence-electron chi connectivity index (χ2n) is 3.92. The second kappa shape index (κ2) is 6.90. The van der Waals surface area contributed by atoms with Crippen molar-refractivity contribution in [3.8, 4) is 5.75 Å². The van der Waals surface area contributed by atoms with E-state index in [1.54, 1.807) is 6.07 Å². The molecule has 0 spiro atoms. The lowest BCUT2D eigenvalue weighted by molar-refractivity contribution is -0.118. The largest absolute Gasteiger partial charge is 0.484 e. The van der Waals surface area contributed by atoms with E-state index >= 15 is 0 Å². The molecule has 0 bridgehead atoms. The van der Waals surface area contributed by atoms with Gasteiger partial charge in [-0.1, -0.05) is 17.7 Å². The van der Waals surface area contributed by atoms with E-state index in [1.165, 1.54) is 12.1 Å². The summed E-state index contributed by atoms with van der Waals surface area (Å²) in [6.45, 7) is -0.145. The van der Waals surface area contributed by atoms with Gasteiger partial charge in [0.05, 0.1) is 10.7 Å². The first kappa shape index (κ1) is 15.1. The van der Waals surface area contributed by atoms with Gasteiger partial charge in [0, 0.05) is 3.57 Å². The average Bonchev–Trinajstić information content (AvgIpc) is 2.40. The van der Waals surface area contributed by atoms with Gasteiger partial charge in [0.2, 0.25) is 0 Å². The van der Waals surface area contributed by atoms with Crippen LogP contribution in [0.25, 0.3) is 0 Å². The van der Waals surface area contributed by atoms with E-state index in [9.17, 15) is 9.18 Å². The van der Waals surface area contributed by atoms with Crippen molar-refractivity contribution >= 4 is 45.8 Å². The highest BCUT2D eigenvalue weighted by Crippen LogP contribution is 2.22. The third-order valence-electron chi connectivity index (χ3n) is 2.37. The van der Waals surface area contributed by atoms with Crippen LogP contribution in [0.3, 0.4) is 0 Å². The minimum Gasteiger partial charge on any atom is -0.484 e. The van der Waals surface area contributed by atoms with Gasteiger partial charge in [0.25, 0.3) is 5.91 Å². The molecular weight excluding hydrogens is 396 g/mol. The molecule has 0 unspecified atom stereocenters. The van der Waals surface area contributed by atoms with Crippen LogP contribution in [-0.4, -0.2) is 12.5 Å². The molecule has 6 heteroatoms. The zero-order valence-corrected chi connectivity index (χ0v) is 13.1. The van der Waals surface area contributed by atoms with Crippen molar-refractivity contribution in [2.24, 2.45) is 0 Å². The topological polar surface area (TPSA) is 38.3 Å². The molecule has 1 amide bonds. The summed E-state index contributed by atoms with van der Waals surface area (Å²) in [5.41, 5.74) is 0.351. The van der Waals surface area contributed by atoms with Crippen LogP contribution < -0.4 is 10.1 Å². The molecule has 20 heavy (non-hydrogen) atoms. The molecule has 2 aromatic carbocycles. The van der Waals surface area contributed by atoms with Crippen molar-refractivity contribution in [3.63, 3.8) is 0 Å². The Bertz CT molecular complexity index is 636. The summed E-state index contributed by atoms with van der Waals surface area (Å²) in [7, 11) is 0. The van der Waals surface area contributed by atoms with E-state index in [0.29, 0.717) is 11.4 Å². The summed E-state index contributed by atoms with van der Waals surface area (Å²) in [6.07, 6.45) is 0.